The molecule has 6 nitrogen and oxygen atoms in total. The Morgan fingerprint density at radius 1 is 1.31 bits per heavy atom. The van der Waals surface area contributed by atoms with Gasteiger partial charge in [-0.2, -0.15) is 0 Å². The number of pyridine rings is 1. The number of nitrogens with one attached hydrogen (secondary N) is 2. The second-order valence-corrected chi connectivity index (χ2v) is 8.09. The molecule has 0 bridgehead atoms. The van der Waals surface area contributed by atoms with Crippen LogP contribution in [0.3, 0.4) is 0 Å². The minimum Gasteiger partial charge on any atom is -0.444 e. The van der Waals surface area contributed by atoms with E-state index in [1.807, 2.05) is 45.0 Å². The number of rotatable bonds is 5. The lowest BCUT2D eigenvalue weighted by Crippen LogP contribution is -2.33. The lowest BCUT2D eigenvalue weighted by atomic mass is 10.1. The molecule has 1 unspecified atom stereocenters. The van der Waals surface area contributed by atoms with Crippen LogP contribution in [0.25, 0.3) is 10.9 Å². The number of carbonyl (C=O) groups excluding carboxylic acids is 1. The van der Waals surface area contributed by atoms with Crippen molar-refractivity contribution in [3.8, 4) is 0 Å². The molecule has 1 aliphatic carbocycles. The Morgan fingerprint density at radius 3 is 2.73 bits per heavy atom. The first kappa shape index (κ1) is 18.6. The van der Waals surface area contributed by atoms with Crippen molar-refractivity contribution in [2.75, 3.05) is 24.1 Å². The van der Waals surface area contributed by atoms with Gasteiger partial charge in [-0.3, -0.25) is 0 Å². The van der Waals surface area contributed by atoms with Gasteiger partial charge in [0.15, 0.2) is 5.15 Å². The molecule has 26 heavy (non-hydrogen) atoms. The van der Waals surface area contributed by atoms with Gasteiger partial charge in [-0.25, -0.2) is 9.78 Å². The number of anilines is 2. The summed E-state index contributed by atoms with van der Waals surface area (Å²) in [5.74, 6) is 0.926. The van der Waals surface area contributed by atoms with E-state index >= 15 is 0 Å². The number of para-hydroxylation sites is 1. The largest absolute Gasteiger partial charge is 0.444 e. The monoisotopic (exact) mass is 376 g/mol. The van der Waals surface area contributed by atoms with Crippen molar-refractivity contribution in [3.63, 3.8) is 0 Å². The van der Waals surface area contributed by atoms with Crippen LogP contribution in [0, 0.1) is 11.8 Å². The first-order valence-corrected chi connectivity index (χ1v) is 9.17. The van der Waals surface area contributed by atoms with Crippen LogP contribution in [0.5, 0.6) is 0 Å². The molecule has 1 amide bonds. The maximum atomic E-state index is 11.7. The van der Waals surface area contributed by atoms with Crippen LogP contribution in [0.4, 0.5) is 16.2 Å². The molecule has 7 heteroatoms. The van der Waals surface area contributed by atoms with Crippen molar-refractivity contribution in [1.29, 1.82) is 0 Å². The van der Waals surface area contributed by atoms with Crippen molar-refractivity contribution in [1.82, 2.24) is 10.3 Å². The summed E-state index contributed by atoms with van der Waals surface area (Å²) in [4.78, 5) is 16.0. The molecule has 0 aliphatic heterocycles. The number of alkyl carbamates (subject to hydrolysis) is 1. The van der Waals surface area contributed by atoms with Gasteiger partial charge in [-0.15, -0.1) is 0 Å². The van der Waals surface area contributed by atoms with Crippen LogP contribution in [-0.2, 0) is 4.74 Å². The van der Waals surface area contributed by atoms with Crippen molar-refractivity contribution in [3.05, 3.63) is 29.4 Å². The number of fused-ring (bicyclic) bond motifs is 1. The summed E-state index contributed by atoms with van der Waals surface area (Å²) in [6, 6.07) is 7.76. The molecule has 1 aromatic heterocycles. The standard InChI is InChI=1S/C19H25ClN4O2/c1-19(2,3)26-18(25)23-10-12-8-11(12)9-22-16-13-6-4-5-7-14(13)24-17(20)15(16)21/h4-7,11-12H,8-10,21H2,1-3H3,(H,22,24)(H,23,25)/t11-,12?/m0/s1. The van der Waals surface area contributed by atoms with E-state index in [0.717, 1.165) is 29.6 Å². The zero-order valence-electron chi connectivity index (χ0n) is 15.3. The Kier molecular flexibility index (Phi) is 5.14. The van der Waals surface area contributed by atoms with E-state index in [-0.39, 0.29) is 6.09 Å². The number of aromatic nitrogens is 1. The number of hydrogen-bond acceptors (Lipinski definition) is 5. The average molecular weight is 377 g/mol. The number of nitrogens with zero attached hydrogens (tertiary/aromatic N) is 1. The van der Waals surface area contributed by atoms with Crippen LogP contribution >= 0.6 is 11.6 Å². The number of nitrogen functional groups attached to an aromatic ring is 1. The van der Waals surface area contributed by atoms with E-state index < -0.39 is 5.60 Å². The fraction of sp³-hybridized carbons (Fsp3) is 0.474. The van der Waals surface area contributed by atoms with Gasteiger partial charge >= 0.3 is 6.09 Å². The third kappa shape index (κ3) is 4.49. The Labute approximate surface area is 158 Å². The Bertz CT molecular complexity index is 819. The third-order valence-electron chi connectivity index (χ3n) is 4.40. The Morgan fingerprint density at radius 2 is 2.00 bits per heavy atom. The molecular formula is C19H25ClN4O2. The summed E-state index contributed by atoms with van der Waals surface area (Å²) in [5.41, 5.74) is 7.74. The SMILES string of the molecule is CC(C)(C)OC(=O)NCC1C[C@H]1CNc1c(N)c(Cl)nc2ccccc12. The second-order valence-electron chi connectivity index (χ2n) is 7.73. The number of halogens is 1. The van der Waals surface area contributed by atoms with E-state index in [1.54, 1.807) is 0 Å². The van der Waals surface area contributed by atoms with Crippen LogP contribution in [0.2, 0.25) is 5.15 Å². The Balaban J connectivity index is 1.54. The normalized spacial score (nSPS) is 19.2. The summed E-state index contributed by atoms with van der Waals surface area (Å²) >= 11 is 6.15. The van der Waals surface area contributed by atoms with Gasteiger partial charge in [0.1, 0.15) is 5.60 Å². The summed E-state index contributed by atoms with van der Waals surface area (Å²) in [7, 11) is 0. The quantitative estimate of drug-likeness (QED) is 0.685. The summed E-state index contributed by atoms with van der Waals surface area (Å²) < 4.78 is 5.25. The van der Waals surface area contributed by atoms with Crippen LogP contribution in [0.15, 0.2) is 24.3 Å². The molecule has 1 heterocycles. The predicted molar refractivity (Wildman–Crippen MR) is 105 cm³/mol. The van der Waals surface area contributed by atoms with Crippen molar-refractivity contribution in [2.24, 2.45) is 11.8 Å². The molecule has 1 saturated carbocycles. The molecule has 1 fully saturated rings. The van der Waals surface area contributed by atoms with Crippen LogP contribution in [-0.4, -0.2) is 29.8 Å². The highest BCUT2D eigenvalue weighted by Crippen LogP contribution is 2.40. The maximum Gasteiger partial charge on any atom is 0.407 e. The summed E-state index contributed by atoms with van der Waals surface area (Å²) in [5, 5.41) is 7.52. The predicted octanol–water partition coefficient (Wildman–Crippen LogP) is 4.04. The van der Waals surface area contributed by atoms with Gasteiger partial charge < -0.3 is 21.1 Å². The summed E-state index contributed by atoms with van der Waals surface area (Å²) in [6.07, 6.45) is 0.687. The maximum absolute atomic E-state index is 11.7. The van der Waals surface area contributed by atoms with Crippen LogP contribution < -0.4 is 16.4 Å². The molecule has 0 saturated heterocycles. The molecule has 2 aromatic rings. The van der Waals surface area contributed by atoms with E-state index in [0.29, 0.717) is 29.2 Å². The van der Waals surface area contributed by atoms with Gasteiger partial charge in [0.2, 0.25) is 0 Å². The number of ether oxygens (including phenoxy) is 1. The van der Waals surface area contributed by atoms with Gasteiger partial charge in [0.25, 0.3) is 0 Å². The zero-order chi connectivity index (χ0) is 18.9. The number of nitrogens with two attached hydrogens (primary N) is 1. The number of benzene rings is 1. The zero-order valence-corrected chi connectivity index (χ0v) is 16.1. The van der Waals surface area contributed by atoms with E-state index in [1.165, 1.54) is 0 Å². The van der Waals surface area contributed by atoms with Gasteiger partial charge in [-0.05, 0) is 45.1 Å². The molecule has 0 radical (unpaired) electrons. The fourth-order valence-corrected chi connectivity index (χ4v) is 3.14. The highest BCUT2D eigenvalue weighted by atomic mass is 35.5. The second kappa shape index (κ2) is 7.19. The Hall–Kier alpha value is -2.21. The summed E-state index contributed by atoms with van der Waals surface area (Å²) in [6.45, 7) is 6.95. The van der Waals surface area contributed by atoms with E-state index in [2.05, 4.69) is 15.6 Å². The van der Waals surface area contributed by atoms with Crippen LogP contribution in [0.1, 0.15) is 27.2 Å². The van der Waals surface area contributed by atoms with Crippen molar-refractivity contribution < 1.29 is 9.53 Å². The highest BCUT2D eigenvalue weighted by molar-refractivity contribution is 6.33. The van der Waals surface area contributed by atoms with Gasteiger partial charge in [0, 0.05) is 18.5 Å². The molecule has 0 spiro atoms. The lowest BCUT2D eigenvalue weighted by Gasteiger charge is -2.19. The first-order chi connectivity index (χ1) is 12.2. The molecule has 1 aliphatic rings. The lowest BCUT2D eigenvalue weighted by molar-refractivity contribution is 0.0524. The average Bonchev–Trinajstić information content (AvgIpc) is 3.30. The minimum absolute atomic E-state index is 0.310. The van der Waals surface area contributed by atoms with Gasteiger partial charge in [-0.1, -0.05) is 29.8 Å². The van der Waals surface area contributed by atoms with Crippen molar-refractivity contribution >= 4 is 40.0 Å². The molecule has 4 N–H and O–H groups in total. The molecule has 140 valence electrons. The molecule has 1 aromatic carbocycles. The molecular weight excluding hydrogens is 352 g/mol. The molecule has 2 atom stereocenters. The molecule has 3 rings (SSSR count). The van der Waals surface area contributed by atoms with E-state index in [4.69, 9.17) is 22.1 Å². The highest BCUT2D eigenvalue weighted by Gasteiger charge is 2.37. The smallest absolute Gasteiger partial charge is 0.407 e. The number of hydrogen-bond donors (Lipinski definition) is 3. The number of amides is 1. The van der Waals surface area contributed by atoms with E-state index in [9.17, 15) is 4.79 Å². The van der Waals surface area contributed by atoms with Crippen molar-refractivity contribution in [2.45, 2.75) is 32.8 Å². The third-order valence-corrected chi connectivity index (χ3v) is 4.69. The minimum atomic E-state index is -0.478. The fourth-order valence-electron chi connectivity index (χ4n) is 2.96. The van der Waals surface area contributed by atoms with Gasteiger partial charge in [0.05, 0.1) is 16.9 Å². The number of carbonyl (C=O) groups is 1. The topological polar surface area (TPSA) is 89.3 Å². The first-order valence-electron chi connectivity index (χ1n) is 8.79.